The molecule has 3 nitrogen and oxygen atoms in total. The second-order valence-corrected chi connectivity index (χ2v) is 5.41. The van der Waals surface area contributed by atoms with Crippen LogP contribution in [0.3, 0.4) is 0 Å². The van der Waals surface area contributed by atoms with Crippen LogP contribution >= 0.6 is 15.9 Å². The van der Waals surface area contributed by atoms with Crippen molar-refractivity contribution in [3.63, 3.8) is 0 Å². The first kappa shape index (κ1) is 16.3. The van der Waals surface area contributed by atoms with E-state index >= 15 is 0 Å². The third-order valence-corrected chi connectivity index (χ3v) is 3.89. The van der Waals surface area contributed by atoms with Crippen molar-refractivity contribution >= 4 is 15.9 Å². The zero-order chi connectivity index (χ0) is 14.1. The number of benzene rings is 1. The van der Waals surface area contributed by atoms with E-state index in [1.165, 1.54) is 31.2 Å². The van der Waals surface area contributed by atoms with Crippen molar-refractivity contribution in [3.8, 4) is 11.5 Å². The van der Waals surface area contributed by atoms with E-state index in [1.54, 1.807) is 14.2 Å². The van der Waals surface area contributed by atoms with Gasteiger partial charge in [-0.1, -0.05) is 28.8 Å². The van der Waals surface area contributed by atoms with Gasteiger partial charge in [0, 0.05) is 16.1 Å². The van der Waals surface area contributed by atoms with Gasteiger partial charge in [0.05, 0.1) is 14.2 Å². The van der Waals surface area contributed by atoms with Crippen LogP contribution in [-0.2, 0) is 6.42 Å². The Balaban J connectivity index is 2.52. The minimum atomic E-state index is 0.821. The van der Waals surface area contributed by atoms with Crippen molar-refractivity contribution < 1.29 is 9.47 Å². The minimum Gasteiger partial charge on any atom is -0.497 e. The van der Waals surface area contributed by atoms with Crippen LogP contribution in [0.4, 0.5) is 0 Å². The lowest BCUT2D eigenvalue weighted by Crippen LogP contribution is -2.07. The Morgan fingerprint density at radius 1 is 1.05 bits per heavy atom. The maximum atomic E-state index is 5.44. The van der Waals surface area contributed by atoms with Gasteiger partial charge in [-0.2, -0.15) is 0 Å². The second kappa shape index (κ2) is 9.21. The molecular weight excluding hydrogens is 306 g/mol. The molecular formula is C15H24BrNO2. The first-order valence-electron chi connectivity index (χ1n) is 6.78. The van der Waals surface area contributed by atoms with Gasteiger partial charge in [0.1, 0.15) is 11.5 Å². The van der Waals surface area contributed by atoms with E-state index in [0.29, 0.717) is 0 Å². The summed E-state index contributed by atoms with van der Waals surface area (Å²) in [6.07, 6.45) is 6.00. The first-order chi connectivity index (χ1) is 9.22. The topological polar surface area (TPSA) is 30.5 Å². The highest BCUT2D eigenvalue weighted by molar-refractivity contribution is 9.10. The second-order valence-electron chi connectivity index (χ2n) is 4.56. The van der Waals surface area contributed by atoms with Crippen LogP contribution in [0.1, 0.15) is 31.2 Å². The summed E-state index contributed by atoms with van der Waals surface area (Å²) in [7, 11) is 5.37. The third-order valence-electron chi connectivity index (χ3n) is 3.19. The molecule has 1 rings (SSSR count). The monoisotopic (exact) mass is 329 g/mol. The lowest BCUT2D eigenvalue weighted by molar-refractivity contribution is 0.390. The standard InChI is InChI=1S/C15H24BrNO2/c1-17-9-7-5-4-6-8-13-14(16)10-12(18-2)11-15(13)19-3/h10-11,17H,4-9H2,1-3H3. The van der Waals surface area contributed by atoms with Crippen LogP contribution in [0.5, 0.6) is 11.5 Å². The molecule has 1 aromatic carbocycles. The van der Waals surface area contributed by atoms with E-state index in [9.17, 15) is 0 Å². The Morgan fingerprint density at radius 2 is 1.79 bits per heavy atom. The lowest BCUT2D eigenvalue weighted by Gasteiger charge is -2.12. The molecule has 0 saturated carbocycles. The van der Waals surface area contributed by atoms with Gasteiger partial charge in [-0.05, 0) is 38.9 Å². The van der Waals surface area contributed by atoms with Crippen LogP contribution in [-0.4, -0.2) is 27.8 Å². The Hall–Kier alpha value is -0.740. The Kier molecular flexibility index (Phi) is 7.91. The summed E-state index contributed by atoms with van der Waals surface area (Å²) in [5.41, 5.74) is 1.23. The van der Waals surface area contributed by atoms with Gasteiger partial charge in [0.15, 0.2) is 0 Å². The molecule has 1 N–H and O–H groups in total. The molecule has 0 fully saturated rings. The molecule has 1 aromatic rings. The summed E-state index contributed by atoms with van der Waals surface area (Å²) in [5.74, 6) is 1.72. The van der Waals surface area contributed by atoms with Crippen LogP contribution < -0.4 is 14.8 Å². The molecule has 0 spiro atoms. The fraction of sp³-hybridized carbons (Fsp3) is 0.600. The van der Waals surface area contributed by atoms with Gasteiger partial charge in [-0.25, -0.2) is 0 Å². The van der Waals surface area contributed by atoms with Gasteiger partial charge in [0.25, 0.3) is 0 Å². The molecule has 0 aromatic heterocycles. The smallest absolute Gasteiger partial charge is 0.126 e. The van der Waals surface area contributed by atoms with Crippen molar-refractivity contribution in [2.45, 2.75) is 32.1 Å². The molecule has 0 saturated heterocycles. The summed E-state index contributed by atoms with van der Waals surface area (Å²) < 4.78 is 11.8. The maximum Gasteiger partial charge on any atom is 0.126 e. The molecule has 0 bridgehead atoms. The molecule has 19 heavy (non-hydrogen) atoms. The van der Waals surface area contributed by atoms with Crippen molar-refractivity contribution in [3.05, 3.63) is 22.2 Å². The zero-order valence-corrected chi connectivity index (χ0v) is 13.7. The van der Waals surface area contributed by atoms with Crippen LogP contribution in [0.2, 0.25) is 0 Å². The predicted molar refractivity (Wildman–Crippen MR) is 83.3 cm³/mol. The van der Waals surface area contributed by atoms with E-state index in [4.69, 9.17) is 9.47 Å². The number of halogens is 1. The molecule has 0 aliphatic rings. The minimum absolute atomic E-state index is 0.821. The molecule has 0 heterocycles. The molecule has 4 heteroatoms. The quantitative estimate of drug-likeness (QED) is 0.699. The Morgan fingerprint density at radius 3 is 2.42 bits per heavy atom. The van der Waals surface area contributed by atoms with Gasteiger partial charge < -0.3 is 14.8 Å². The molecule has 0 aliphatic carbocycles. The fourth-order valence-corrected chi connectivity index (χ4v) is 2.71. The molecule has 0 unspecified atom stereocenters. The highest BCUT2D eigenvalue weighted by atomic mass is 79.9. The van der Waals surface area contributed by atoms with E-state index < -0.39 is 0 Å². The van der Waals surface area contributed by atoms with E-state index in [0.717, 1.165) is 28.9 Å². The number of rotatable bonds is 9. The number of methoxy groups -OCH3 is 2. The van der Waals surface area contributed by atoms with Gasteiger partial charge in [-0.3, -0.25) is 0 Å². The molecule has 0 aliphatic heterocycles. The van der Waals surface area contributed by atoms with E-state index in [-0.39, 0.29) is 0 Å². The fourth-order valence-electron chi connectivity index (χ4n) is 2.09. The third kappa shape index (κ3) is 5.41. The SMILES string of the molecule is CNCCCCCCc1c(Br)cc(OC)cc1OC. The number of hydrogen-bond donors (Lipinski definition) is 1. The van der Waals surface area contributed by atoms with Gasteiger partial charge in [0.2, 0.25) is 0 Å². The highest BCUT2D eigenvalue weighted by Crippen LogP contribution is 2.33. The number of unbranched alkanes of at least 4 members (excludes halogenated alkanes) is 3. The lowest BCUT2D eigenvalue weighted by atomic mass is 10.0. The average Bonchev–Trinajstić information content (AvgIpc) is 2.43. The Bertz CT molecular complexity index is 383. The van der Waals surface area contributed by atoms with E-state index in [2.05, 4.69) is 21.2 Å². The molecule has 108 valence electrons. The highest BCUT2D eigenvalue weighted by Gasteiger charge is 2.10. The summed E-state index contributed by atoms with van der Waals surface area (Å²) >= 11 is 3.60. The van der Waals surface area contributed by atoms with E-state index in [1.807, 2.05) is 19.2 Å². The summed E-state index contributed by atoms with van der Waals surface area (Å²) in [6, 6.07) is 3.94. The van der Waals surface area contributed by atoms with Crippen molar-refractivity contribution in [2.75, 3.05) is 27.8 Å². The molecule has 0 radical (unpaired) electrons. The first-order valence-corrected chi connectivity index (χ1v) is 7.57. The van der Waals surface area contributed by atoms with Crippen molar-refractivity contribution in [1.29, 1.82) is 0 Å². The van der Waals surface area contributed by atoms with Crippen LogP contribution in [0, 0.1) is 0 Å². The van der Waals surface area contributed by atoms with Crippen LogP contribution in [0.25, 0.3) is 0 Å². The van der Waals surface area contributed by atoms with Gasteiger partial charge in [-0.15, -0.1) is 0 Å². The van der Waals surface area contributed by atoms with Crippen LogP contribution in [0.15, 0.2) is 16.6 Å². The van der Waals surface area contributed by atoms with Crippen molar-refractivity contribution in [2.24, 2.45) is 0 Å². The molecule has 0 amide bonds. The van der Waals surface area contributed by atoms with Crippen molar-refractivity contribution in [1.82, 2.24) is 5.32 Å². The Labute approximate surface area is 124 Å². The number of nitrogens with one attached hydrogen (secondary N) is 1. The maximum absolute atomic E-state index is 5.44. The number of ether oxygens (including phenoxy) is 2. The summed E-state index contributed by atoms with van der Waals surface area (Å²) in [6.45, 7) is 1.11. The average molecular weight is 330 g/mol. The largest absolute Gasteiger partial charge is 0.497 e. The zero-order valence-electron chi connectivity index (χ0n) is 12.1. The number of hydrogen-bond acceptors (Lipinski definition) is 3. The van der Waals surface area contributed by atoms with Gasteiger partial charge >= 0.3 is 0 Å². The predicted octanol–water partition coefficient (Wildman–Crippen LogP) is 3.79. The summed E-state index contributed by atoms with van der Waals surface area (Å²) in [5, 5.41) is 3.17. The normalized spacial score (nSPS) is 10.5. The molecule has 0 atom stereocenters. The summed E-state index contributed by atoms with van der Waals surface area (Å²) in [4.78, 5) is 0.